The summed E-state index contributed by atoms with van der Waals surface area (Å²) in [4.78, 5) is 26.8. The van der Waals surface area contributed by atoms with Gasteiger partial charge in [-0.2, -0.15) is 0 Å². The molecular weight excluding hydrogens is 278 g/mol. The number of nitrogens with zero attached hydrogens (tertiary/aromatic N) is 1. The number of hydrogen-bond acceptors (Lipinski definition) is 4. The summed E-state index contributed by atoms with van der Waals surface area (Å²) in [7, 11) is 0. The van der Waals surface area contributed by atoms with Crippen LogP contribution in [0.1, 0.15) is 4.88 Å². The van der Waals surface area contributed by atoms with Crippen molar-refractivity contribution in [3.8, 4) is 0 Å². The molecule has 4 heterocycles. The van der Waals surface area contributed by atoms with E-state index in [1.165, 1.54) is 0 Å². The van der Waals surface area contributed by atoms with Crippen molar-refractivity contribution in [2.75, 3.05) is 6.54 Å². The highest BCUT2D eigenvalue weighted by atomic mass is 32.1. The SMILES string of the molecule is O=C(O)[C@H]1[C@H]2C=C[C@@]3(CN(Cc4cccs4)C(=O)[C@@H]13)O2. The molecular formula is C14H13NO4S. The Labute approximate surface area is 119 Å². The van der Waals surface area contributed by atoms with Crippen molar-refractivity contribution in [3.63, 3.8) is 0 Å². The summed E-state index contributed by atoms with van der Waals surface area (Å²) < 4.78 is 5.83. The van der Waals surface area contributed by atoms with Crippen LogP contribution >= 0.6 is 11.3 Å². The molecule has 4 rings (SSSR count). The van der Waals surface area contributed by atoms with Crippen molar-refractivity contribution < 1.29 is 19.4 Å². The highest BCUT2D eigenvalue weighted by Gasteiger charge is 2.66. The zero-order valence-electron chi connectivity index (χ0n) is 10.6. The van der Waals surface area contributed by atoms with Gasteiger partial charge < -0.3 is 14.7 Å². The predicted octanol–water partition coefficient (Wildman–Crippen LogP) is 1.11. The Kier molecular flexibility index (Phi) is 2.38. The summed E-state index contributed by atoms with van der Waals surface area (Å²) in [6, 6.07) is 3.92. The van der Waals surface area contributed by atoms with Gasteiger partial charge in [0.2, 0.25) is 5.91 Å². The van der Waals surface area contributed by atoms with Gasteiger partial charge in [-0.3, -0.25) is 9.59 Å². The highest BCUT2D eigenvalue weighted by Crippen LogP contribution is 2.52. The normalized spacial score (nSPS) is 37.7. The van der Waals surface area contributed by atoms with Crippen molar-refractivity contribution in [2.24, 2.45) is 11.8 Å². The van der Waals surface area contributed by atoms with Crippen LogP contribution in [0, 0.1) is 11.8 Å². The van der Waals surface area contributed by atoms with Crippen LogP contribution < -0.4 is 0 Å². The van der Waals surface area contributed by atoms with Crippen molar-refractivity contribution in [3.05, 3.63) is 34.5 Å². The van der Waals surface area contributed by atoms with Gasteiger partial charge in [0.25, 0.3) is 0 Å². The fourth-order valence-corrected chi connectivity index (χ4v) is 4.30. The van der Waals surface area contributed by atoms with E-state index in [2.05, 4.69) is 0 Å². The quantitative estimate of drug-likeness (QED) is 0.847. The number of aliphatic carboxylic acids is 1. The van der Waals surface area contributed by atoms with Crippen LogP contribution in [0.2, 0.25) is 0 Å². The number of carboxylic acids is 1. The van der Waals surface area contributed by atoms with E-state index in [-0.39, 0.29) is 5.91 Å². The predicted molar refractivity (Wildman–Crippen MR) is 71.1 cm³/mol. The summed E-state index contributed by atoms with van der Waals surface area (Å²) in [5.74, 6) is -2.37. The number of thiophene rings is 1. The number of carbonyl (C=O) groups excluding carboxylic acids is 1. The lowest BCUT2D eigenvalue weighted by atomic mass is 9.77. The summed E-state index contributed by atoms with van der Waals surface area (Å²) in [6.07, 6.45) is 3.22. The second-order valence-electron chi connectivity index (χ2n) is 5.51. The Morgan fingerprint density at radius 1 is 1.60 bits per heavy atom. The van der Waals surface area contributed by atoms with Crippen LogP contribution in [0.3, 0.4) is 0 Å². The first-order valence-corrected chi connectivity index (χ1v) is 7.40. The monoisotopic (exact) mass is 291 g/mol. The van der Waals surface area contributed by atoms with Gasteiger partial charge in [0.1, 0.15) is 11.5 Å². The highest BCUT2D eigenvalue weighted by molar-refractivity contribution is 7.09. The molecule has 3 aliphatic rings. The lowest BCUT2D eigenvalue weighted by Gasteiger charge is -2.21. The molecule has 2 bridgehead atoms. The molecule has 4 atom stereocenters. The maximum Gasteiger partial charge on any atom is 0.310 e. The third-order valence-electron chi connectivity index (χ3n) is 4.39. The molecule has 1 aromatic rings. The van der Waals surface area contributed by atoms with E-state index in [0.29, 0.717) is 13.1 Å². The van der Waals surface area contributed by atoms with Gasteiger partial charge in [-0.1, -0.05) is 18.2 Å². The molecule has 0 radical (unpaired) electrons. The zero-order chi connectivity index (χ0) is 13.9. The maximum absolute atomic E-state index is 12.6. The molecule has 1 aromatic heterocycles. The number of carbonyl (C=O) groups is 2. The number of hydrogen-bond donors (Lipinski definition) is 1. The van der Waals surface area contributed by atoms with Crippen molar-refractivity contribution in [1.29, 1.82) is 0 Å². The van der Waals surface area contributed by atoms with E-state index in [4.69, 9.17) is 4.74 Å². The number of carboxylic acid groups (broad SMARTS) is 1. The van der Waals surface area contributed by atoms with E-state index >= 15 is 0 Å². The topological polar surface area (TPSA) is 66.8 Å². The van der Waals surface area contributed by atoms with Crippen molar-refractivity contribution in [2.45, 2.75) is 18.2 Å². The van der Waals surface area contributed by atoms with Crippen LogP contribution in [-0.2, 0) is 20.9 Å². The van der Waals surface area contributed by atoms with E-state index < -0.39 is 29.5 Å². The lowest BCUT2D eigenvalue weighted by Crippen LogP contribution is -2.39. The molecule has 0 unspecified atom stereocenters. The molecule has 1 amide bonds. The van der Waals surface area contributed by atoms with Crippen LogP contribution in [0.25, 0.3) is 0 Å². The van der Waals surface area contributed by atoms with Gasteiger partial charge in [0.05, 0.1) is 25.1 Å². The van der Waals surface area contributed by atoms with Gasteiger partial charge >= 0.3 is 5.97 Å². The van der Waals surface area contributed by atoms with Crippen molar-refractivity contribution >= 4 is 23.2 Å². The molecule has 104 valence electrons. The average Bonchev–Trinajstić information content (AvgIpc) is 3.12. The van der Waals surface area contributed by atoms with Gasteiger partial charge in [-0.05, 0) is 11.4 Å². The number of ether oxygens (including phenoxy) is 1. The fraction of sp³-hybridized carbons (Fsp3) is 0.429. The lowest BCUT2D eigenvalue weighted by molar-refractivity contribution is -0.148. The van der Waals surface area contributed by atoms with Crippen LogP contribution in [-0.4, -0.2) is 40.1 Å². The number of likely N-dealkylation sites (tertiary alicyclic amines) is 1. The second-order valence-corrected chi connectivity index (χ2v) is 6.54. The summed E-state index contributed by atoms with van der Waals surface area (Å²) in [5, 5.41) is 11.3. The largest absolute Gasteiger partial charge is 0.481 e. The van der Waals surface area contributed by atoms with Crippen molar-refractivity contribution in [1.82, 2.24) is 4.90 Å². The van der Waals surface area contributed by atoms with Gasteiger partial charge in [-0.15, -0.1) is 11.3 Å². The maximum atomic E-state index is 12.6. The van der Waals surface area contributed by atoms with E-state index in [9.17, 15) is 14.7 Å². The molecule has 1 N–H and O–H groups in total. The molecule has 3 aliphatic heterocycles. The first kappa shape index (κ1) is 12.1. The number of rotatable bonds is 3. The minimum absolute atomic E-state index is 0.0994. The van der Waals surface area contributed by atoms with Crippen LogP contribution in [0.5, 0.6) is 0 Å². The van der Waals surface area contributed by atoms with E-state index in [0.717, 1.165) is 4.88 Å². The Morgan fingerprint density at radius 3 is 3.15 bits per heavy atom. The number of amides is 1. The molecule has 20 heavy (non-hydrogen) atoms. The Bertz CT molecular complexity index is 611. The summed E-state index contributed by atoms with van der Waals surface area (Å²) in [6.45, 7) is 0.980. The molecule has 2 fully saturated rings. The second kappa shape index (κ2) is 3.93. The molecule has 0 aliphatic carbocycles. The molecule has 6 heteroatoms. The standard InChI is InChI=1S/C14H13NO4S/c16-12-11-10(13(17)18)9-3-4-14(11,19-9)7-15(12)6-8-2-1-5-20-8/h1-5,9-11H,6-7H2,(H,17,18)/t9-,10+,11-,14+/m1/s1. The molecule has 1 spiro atoms. The summed E-state index contributed by atoms with van der Waals surface area (Å²) >= 11 is 1.59. The molecule has 2 saturated heterocycles. The summed E-state index contributed by atoms with van der Waals surface area (Å²) in [5.41, 5.74) is -0.720. The fourth-order valence-electron chi connectivity index (χ4n) is 3.58. The first-order valence-electron chi connectivity index (χ1n) is 6.52. The molecule has 0 saturated carbocycles. The van der Waals surface area contributed by atoms with Gasteiger partial charge in [-0.25, -0.2) is 0 Å². The Balaban J connectivity index is 1.65. The third kappa shape index (κ3) is 1.46. The first-order chi connectivity index (χ1) is 9.61. The van der Waals surface area contributed by atoms with Gasteiger partial charge in [0, 0.05) is 4.88 Å². The van der Waals surface area contributed by atoms with Crippen LogP contribution in [0.4, 0.5) is 0 Å². The zero-order valence-corrected chi connectivity index (χ0v) is 11.4. The molecule has 0 aromatic carbocycles. The van der Waals surface area contributed by atoms with Gasteiger partial charge in [0.15, 0.2) is 0 Å². The number of fused-ring (bicyclic) bond motifs is 1. The third-order valence-corrected chi connectivity index (χ3v) is 5.25. The van der Waals surface area contributed by atoms with E-state index in [1.54, 1.807) is 22.3 Å². The Hall–Kier alpha value is -1.66. The van der Waals surface area contributed by atoms with Crippen LogP contribution in [0.15, 0.2) is 29.7 Å². The minimum Gasteiger partial charge on any atom is -0.481 e. The Morgan fingerprint density at radius 2 is 2.45 bits per heavy atom. The minimum atomic E-state index is -0.947. The van der Waals surface area contributed by atoms with E-state index in [1.807, 2.05) is 23.6 Å². The molecule has 5 nitrogen and oxygen atoms in total. The smallest absolute Gasteiger partial charge is 0.310 e. The average molecular weight is 291 g/mol.